The highest BCUT2D eigenvalue weighted by molar-refractivity contribution is 5.97. The first kappa shape index (κ1) is 23.3. The highest BCUT2D eigenvalue weighted by Gasteiger charge is 2.49. The number of anilines is 1. The zero-order valence-corrected chi connectivity index (χ0v) is 20.2. The van der Waals surface area contributed by atoms with E-state index < -0.39 is 6.04 Å². The lowest BCUT2D eigenvalue weighted by Crippen LogP contribution is -2.65. The summed E-state index contributed by atoms with van der Waals surface area (Å²) in [6.07, 6.45) is 1.81. The minimum absolute atomic E-state index is 0.166. The molecular formula is C30H33N2O3+. The van der Waals surface area contributed by atoms with E-state index in [-0.39, 0.29) is 17.9 Å². The molecule has 1 N–H and O–H groups in total. The number of hydrogen-bond acceptors (Lipinski definition) is 4. The molecule has 2 bridgehead atoms. The Morgan fingerprint density at radius 3 is 2.20 bits per heavy atom. The summed E-state index contributed by atoms with van der Waals surface area (Å²) in [5, 5.41) is 3.39. The van der Waals surface area contributed by atoms with Gasteiger partial charge in [-0.05, 0) is 24.6 Å². The van der Waals surface area contributed by atoms with Gasteiger partial charge in [0.2, 0.25) is 5.78 Å². The highest BCUT2D eigenvalue weighted by atomic mass is 16.5. The van der Waals surface area contributed by atoms with Gasteiger partial charge in [0.05, 0.1) is 13.1 Å². The Hall–Kier alpha value is -3.44. The maximum absolute atomic E-state index is 13.5. The van der Waals surface area contributed by atoms with Crippen molar-refractivity contribution in [2.75, 3.05) is 31.5 Å². The minimum Gasteiger partial charge on any atom is -0.454 e. The Labute approximate surface area is 207 Å². The SMILES string of the molecule is Cc1ccc(NC(C(=O)OC2C[N+]3(CC(=O)c4ccccc4)CCC2CC3)c2ccccc2)cc1. The molecule has 35 heavy (non-hydrogen) atoms. The summed E-state index contributed by atoms with van der Waals surface area (Å²) in [5.41, 5.74) is 3.68. The van der Waals surface area contributed by atoms with Gasteiger partial charge in [0.1, 0.15) is 13.1 Å². The van der Waals surface area contributed by atoms with Crippen LogP contribution in [-0.4, -0.2) is 48.5 Å². The van der Waals surface area contributed by atoms with Crippen LogP contribution in [0.25, 0.3) is 0 Å². The molecule has 3 fully saturated rings. The molecule has 5 nitrogen and oxygen atoms in total. The summed E-state index contributed by atoms with van der Waals surface area (Å²) < 4.78 is 6.93. The third kappa shape index (κ3) is 5.30. The summed E-state index contributed by atoms with van der Waals surface area (Å²) in [6, 6.07) is 26.7. The molecule has 2 unspecified atom stereocenters. The number of benzene rings is 3. The van der Waals surface area contributed by atoms with Gasteiger partial charge in [0.25, 0.3) is 0 Å². The largest absolute Gasteiger partial charge is 0.454 e. The van der Waals surface area contributed by atoms with Gasteiger partial charge in [0.15, 0.2) is 12.1 Å². The van der Waals surface area contributed by atoms with Gasteiger partial charge in [-0.1, -0.05) is 78.4 Å². The zero-order valence-electron chi connectivity index (χ0n) is 20.2. The van der Waals surface area contributed by atoms with Crippen LogP contribution in [0.15, 0.2) is 84.9 Å². The van der Waals surface area contributed by atoms with Crippen LogP contribution in [0.4, 0.5) is 5.69 Å². The van der Waals surface area contributed by atoms with Crippen molar-refractivity contribution in [1.29, 1.82) is 0 Å². The van der Waals surface area contributed by atoms with Crippen LogP contribution in [0.5, 0.6) is 0 Å². The Kier molecular flexibility index (Phi) is 6.69. The fourth-order valence-corrected chi connectivity index (χ4v) is 5.55. The number of esters is 1. The summed E-state index contributed by atoms with van der Waals surface area (Å²) >= 11 is 0. The maximum Gasteiger partial charge on any atom is 0.333 e. The number of carbonyl (C=O) groups is 2. The van der Waals surface area contributed by atoms with E-state index in [9.17, 15) is 9.59 Å². The van der Waals surface area contributed by atoms with Gasteiger partial charge in [-0.25, -0.2) is 4.79 Å². The Morgan fingerprint density at radius 2 is 1.54 bits per heavy atom. The number of nitrogens with zero attached hydrogens (tertiary/aromatic N) is 1. The number of fused-ring (bicyclic) bond motifs is 3. The number of carbonyl (C=O) groups excluding carboxylic acids is 2. The second kappa shape index (κ2) is 10.0. The summed E-state index contributed by atoms with van der Waals surface area (Å²) in [6.45, 7) is 5.17. The Bertz CT molecular complexity index is 1150. The molecule has 3 aromatic carbocycles. The summed E-state index contributed by atoms with van der Waals surface area (Å²) in [7, 11) is 0. The number of ketones is 1. The molecule has 0 spiro atoms. The molecule has 0 amide bonds. The van der Waals surface area contributed by atoms with Crippen LogP contribution in [0.3, 0.4) is 0 Å². The van der Waals surface area contributed by atoms with Crippen LogP contribution in [0, 0.1) is 12.8 Å². The normalized spacial score (nSPS) is 23.9. The summed E-state index contributed by atoms with van der Waals surface area (Å²) in [4.78, 5) is 26.6. The number of piperidine rings is 3. The minimum atomic E-state index is -0.589. The van der Waals surface area contributed by atoms with Crippen LogP contribution in [0.2, 0.25) is 0 Å². The number of quaternary nitrogens is 1. The topological polar surface area (TPSA) is 55.4 Å². The van der Waals surface area contributed by atoms with Crippen molar-refractivity contribution in [1.82, 2.24) is 0 Å². The van der Waals surface area contributed by atoms with Crippen molar-refractivity contribution in [2.45, 2.75) is 31.9 Å². The molecule has 180 valence electrons. The van der Waals surface area contributed by atoms with Crippen molar-refractivity contribution in [3.05, 3.63) is 102 Å². The second-order valence-corrected chi connectivity index (χ2v) is 10.1. The number of aryl methyl sites for hydroxylation is 1. The van der Waals surface area contributed by atoms with E-state index in [2.05, 4.69) is 5.32 Å². The number of rotatable bonds is 8. The molecule has 0 aromatic heterocycles. The van der Waals surface area contributed by atoms with Gasteiger partial charge in [-0.3, -0.25) is 4.79 Å². The smallest absolute Gasteiger partial charge is 0.333 e. The quantitative estimate of drug-likeness (QED) is 0.280. The standard InChI is InChI=1S/C30H33N2O3/c1-22-12-14-26(15-13-22)31-29(25-10-6-3-7-11-25)30(34)35-28-21-32(18-16-24(28)17-19-32)20-27(33)23-8-4-2-5-9-23/h2-15,24,28-29,31H,16-21H2,1H3/q+1. The van der Waals surface area contributed by atoms with Crippen molar-refractivity contribution in [3.8, 4) is 0 Å². The molecule has 0 saturated carbocycles. The molecule has 3 aliphatic rings. The first-order chi connectivity index (χ1) is 17.0. The van der Waals surface area contributed by atoms with E-state index >= 15 is 0 Å². The Balaban J connectivity index is 1.31. The highest BCUT2D eigenvalue weighted by Crippen LogP contribution is 2.36. The van der Waals surface area contributed by atoms with Crippen LogP contribution < -0.4 is 5.32 Å². The monoisotopic (exact) mass is 469 g/mol. The fraction of sp³-hybridized carbons (Fsp3) is 0.333. The molecule has 2 atom stereocenters. The lowest BCUT2D eigenvalue weighted by Gasteiger charge is -2.51. The molecule has 3 heterocycles. The number of Topliss-reactive ketones (excluding diaryl/α,β-unsaturated/α-hetero) is 1. The Morgan fingerprint density at radius 1 is 0.914 bits per heavy atom. The van der Waals surface area contributed by atoms with E-state index in [0.29, 0.717) is 23.5 Å². The fourth-order valence-electron chi connectivity index (χ4n) is 5.55. The molecular weight excluding hydrogens is 436 g/mol. The van der Waals surface area contributed by atoms with Crippen LogP contribution in [-0.2, 0) is 9.53 Å². The van der Waals surface area contributed by atoms with Gasteiger partial charge in [0, 0.05) is 30.0 Å². The summed E-state index contributed by atoms with van der Waals surface area (Å²) in [5.74, 6) is 0.267. The third-order valence-electron chi connectivity index (χ3n) is 7.61. The zero-order chi connectivity index (χ0) is 24.3. The second-order valence-electron chi connectivity index (χ2n) is 10.1. The molecule has 6 rings (SSSR count). The molecule has 3 aromatic rings. The lowest BCUT2D eigenvalue weighted by molar-refractivity contribution is -0.938. The molecule has 0 aliphatic carbocycles. The van der Waals surface area contributed by atoms with Crippen LogP contribution in [0.1, 0.15) is 40.4 Å². The predicted molar refractivity (Wildman–Crippen MR) is 137 cm³/mol. The van der Waals surface area contributed by atoms with E-state index in [1.807, 2.05) is 91.9 Å². The van der Waals surface area contributed by atoms with Gasteiger partial charge >= 0.3 is 5.97 Å². The van der Waals surface area contributed by atoms with E-state index in [0.717, 1.165) is 42.7 Å². The van der Waals surface area contributed by atoms with Crippen molar-refractivity contribution < 1.29 is 18.8 Å². The van der Waals surface area contributed by atoms with Crippen LogP contribution >= 0.6 is 0 Å². The predicted octanol–water partition coefficient (Wildman–Crippen LogP) is 5.18. The average molecular weight is 470 g/mol. The molecule has 3 aliphatic heterocycles. The van der Waals surface area contributed by atoms with Gasteiger partial charge in [-0.15, -0.1) is 0 Å². The van der Waals surface area contributed by atoms with Crippen molar-refractivity contribution in [3.63, 3.8) is 0 Å². The third-order valence-corrected chi connectivity index (χ3v) is 7.61. The van der Waals surface area contributed by atoms with E-state index in [4.69, 9.17) is 4.74 Å². The van der Waals surface area contributed by atoms with E-state index in [1.165, 1.54) is 5.56 Å². The van der Waals surface area contributed by atoms with Crippen molar-refractivity contribution >= 4 is 17.4 Å². The number of ether oxygens (including phenoxy) is 1. The number of nitrogens with one attached hydrogen (secondary N) is 1. The molecule has 0 radical (unpaired) electrons. The average Bonchev–Trinajstić information content (AvgIpc) is 2.89. The van der Waals surface area contributed by atoms with E-state index in [1.54, 1.807) is 0 Å². The first-order valence-corrected chi connectivity index (χ1v) is 12.5. The maximum atomic E-state index is 13.5. The van der Waals surface area contributed by atoms with Crippen molar-refractivity contribution in [2.24, 2.45) is 5.92 Å². The lowest BCUT2D eigenvalue weighted by atomic mass is 9.82. The first-order valence-electron chi connectivity index (χ1n) is 12.5. The molecule has 3 saturated heterocycles. The number of hydrogen-bond donors (Lipinski definition) is 1. The van der Waals surface area contributed by atoms with Gasteiger partial charge < -0.3 is 14.5 Å². The van der Waals surface area contributed by atoms with Gasteiger partial charge in [-0.2, -0.15) is 0 Å². The molecule has 5 heteroatoms.